The van der Waals surface area contributed by atoms with Crippen LogP contribution in [0.15, 0.2) is 102 Å². The second-order valence-electron chi connectivity index (χ2n) is 8.59. The third-order valence-corrected chi connectivity index (χ3v) is 6.48. The largest absolute Gasteiger partial charge is 0.506 e. The van der Waals surface area contributed by atoms with Gasteiger partial charge in [-0.15, -0.1) is 0 Å². The van der Waals surface area contributed by atoms with Gasteiger partial charge in [-0.25, -0.2) is 4.58 Å². The number of methoxy groups -OCH3 is 1. The van der Waals surface area contributed by atoms with E-state index in [1.807, 2.05) is 48.6 Å². The van der Waals surface area contributed by atoms with Gasteiger partial charge in [0.05, 0.1) is 18.3 Å². The first-order valence-corrected chi connectivity index (χ1v) is 12.6. The minimum absolute atomic E-state index is 0.0526. The van der Waals surface area contributed by atoms with E-state index in [1.165, 1.54) is 0 Å². The zero-order chi connectivity index (χ0) is 26.9. The van der Waals surface area contributed by atoms with Crippen LogP contribution in [0.3, 0.4) is 0 Å². The summed E-state index contributed by atoms with van der Waals surface area (Å²) in [6.45, 7) is 17.6. The molecule has 2 aliphatic rings. The van der Waals surface area contributed by atoms with E-state index in [2.05, 4.69) is 43.4 Å². The molecular formula is C31H37N2O4+. The van der Waals surface area contributed by atoms with Crippen LogP contribution in [-0.2, 0) is 14.3 Å². The van der Waals surface area contributed by atoms with Gasteiger partial charge in [0.25, 0.3) is 0 Å². The Hall–Kier alpha value is -4.06. The molecule has 0 aromatic heterocycles. The zero-order valence-corrected chi connectivity index (χ0v) is 22.3. The van der Waals surface area contributed by atoms with Gasteiger partial charge in [-0.3, -0.25) is 4.79 Å². The Balaban J connectivity index is 1.69. The summed E-state index contributed by atoms with van der Waals surface area (Å²) in [4.78, 5) is 15.2. The van der Waals surface area contributed by atoms with Crippen LogP contribution in [0.4, 0.5) is 5.69 Å². The Bertz CT molecular complexity index is 1220. The van der Waals surface area contributed by atoms with Gasteiger partial charge in [0, 0.05) is 30.9 Å². The Labute approximate surface area is 220 Å². The Kier molecular flexibility index (Phi) is 9.50. The lowest BCUT2D eigenvalue weighted by Crippen LogP contribution is -2.25. The van der Waals surface area contributed by atoms with Crippen LogP contribution in [0.5, 0.6) is 0 Å². The van der Waals surface area contributed by atoms with E-state index in [1.54, 1.807) is 19.3 Å². The van der Waals surface area contributed by atoms with Gasteiger partial charge in [-0.05, 0) is 68.3 Å². The van der Waals surface area contributed by atoms with Crippen LogP contribution < -0.4 is 4.90 Å². The van der Waals surface area contributed by atoms with E-state index in [4.69, 9.17) is 9.47 Å². The van der Waals surface area contributed by atoms with Crippen molar-refractivity contribution in [3.05, 3.63) is 108 Å². The first-order chi connectivity index (χ1) is 17.8. The second-order valence-corrected chi connectivity index (χ2v) is 8.59. The molecule has 1 aromatic rings. The number of hydrogen-bond acceptors (Lipinski definition) is 5. The molecule has 0 saturated carbocycles. The number of anilines is 1. The average molecular weight is 502 g/mol. The molecule has 194 valence electrons. The molecule has 0 amide bonds. The number of aliphatic hydroxyl groups excluding tert-OH is 1. The fourth-order valence-electron chi connectivity index (χ4n) is 4.26. The molecule has 0 bridgehead atoms. The molecule has 6 nitrogen and oxygen atoms in total. The number of likely N-dealkylation sites (N-methyl/N-ethyl adjacent to an activating group) is 1. The molecule has 6 heteroatoms. The normalized spacial score (nSPS) is 14.8. The highest BCUT2D eigenvalue weighted by Crippen LogP contribution is 2.39. The monoisotopic (exact) mass is 501 g/mol. The molecular weight excluding hydrogens is 464 g/mol. The van der Waals surface area contributed by atoms with Crippen molar-refractivity contribution >= 4 is 22.8 Å². The molecule has 37 heavy (non-hydrogen) atoms. The molecule has 0 unspecified atom stereocenters. The van der Waals surface area contributed by atoms with Crippen LogP contribution in [0.25, 0.3) is 5.57 Å². The first-order valence-electron chi connectivity index (χ1n) is 12.6. The Morgan fingerprint density at radius 3 is 2.14 bits per heavy atom. The predicted molar refractivity (Wildman–Crippen MR) is 151 cm³/mol. The van der Waals surface area contributed by atoms with Gasteiger partial charge in [0.15, 0.2) is 12.3 Å². The quantitative estimate of drug-likeness (QED) is 0.177. The number of allylic oxidation sites excluding steroid dienone is 9. The minimum atomic E-state index is -0.135. The van der Waals surface area contributed by atoms with Gasteiger partial charge in [0.1, 0.15) is 30.4 Å². The fourth-order valence-corrected chi connectivity index (χ4v) is 4.26. The van der Waals surface area contributed by atoms with Gasteiger partial charge >= 0.3 is 0 Å². The van der Waals surface area contributed by atoms with E-state index in [0.717, 1.165) is 36.6 Å². The van der Waals surface area contributed by atoms with Crippen molar-refractivity contribution < 1.29 is 24.0 Å². The standard InChI is InChI=1S/C31H36N2O4/c1-7-32(8-2)26-16-12-24(13-17-26)28-30(34)29(31(28)35)25-14-18-27(19-15-25)33(9-3)20-21-37-23(5)11-10-22(4)36-6/h10-19H,4-5,7-9,20-21H2,1-3,6H3/p+1/b11-10-. The topological polar surface area (TPSA) is 62.0 Å². The van der Waals surface area contributed by atoms with E-state index >= 15 is 0 Å². The third kappa shape index (κ3) is 6.39. The van der Waals surface area contributed by atoms with E-state index in [0.29, 0.717) is 41.4 Å². The maximum atomic E-state index is 13.0. The van der Waals surface area contributed by atoms with Crippen LogP contribution in [0.1, 0.15) is 26.3 Å². The Morgan fingerprint density at radius 1 is 0.973 bits per heavy atom. The van der Waals surface area contributed by atoms with Crippen LogP contribution in [0, 0.1) is 0 Å². The number of aliphatic hydroxyl groups is 1. The summed E-state index contributed by atoms with van der Waals surface area (Å²) in [5, 5.41) is 10.8. The number of ether oxygens (including phenoxy) is 2. The van der Waals surface area contributed by atoms with Gasteiger partial charge in [-0.2, -0.15) is 0 Å². The highest BCUT2D eigenvalue weighted by Gasteiger charge is 2.36. The van der Waals surface area contributed by atoms with Crippen molar-refractivity contribution in [2.45, 2.75) is 20.8 Å². The molecule has 0 saturated heterocycles. The van der Waals surface area contributed by atoms with Crippen molar-refractivity contribution in [2.75, 3.05) is 44.8 Å². The van der Waals surface area contributed by atoms with Crippen LogP contribution in [-0.4, -0.2) is 61.1 Å². The second kappa shape index (κ2) is 12.8. The van der Waals surface area contributed by atoms with Gasteiger partial charge in [0.2, 0.25) is 5.78 Å². The molecule has 0 aliphatic heterocycles. The molecule has 1 aromatic carbocycles. The van der Waals surface area contributed by atoms with Gasteiger partial charge < -0.3 is 19.5 Å². The first kappa shape index (κ1) is 27.5. The van der Waals surface area contributed by atoms with Crippen molar-refractivity contribution in [3.8, 4) is 0 Å². The number of carbonyl (C=O) groups is 1. The van der Waals surface area contributed by atoms with E-state index < -0.39 is 0 Å². The molecule has 0 atom stereocenters. The maximum Gasteiger partial charge on any atom is 0.201 e. The van der Waals surface area contributed by atoms with Crippen molar-refractivity contribution in [1.29, 1.82) is 0 Å². The van der Waals surface area contributed by atoms with Gasteiger partial charge in [-0.1, -0.05) is 25.3 Å². The van der Waals surface area contributed by atoms with Crippen molar-refractivity contribution in [2.24, 2.45) is 0 Å². The molecule has 3 rings (SSSR count). The smallest absolute Gasteiger partial charge is 0.201 e. The number of carbonyl (C=O) groups excluding carboxylic acids is 1. The number of Topliss-reactive ketones (excluding diaryl/α,β-unsaturated/α-hetero) is 1. The number of ketones is 1. The zero-order valence-electron chi connectivity index (χ0n) is 22.3. The summed E-state index contributed by atoms with van der Waals surface area (Å²) >= 11 is 0. The van der Waals surface area contributed by atoms with Crippen LogP contribution in [0.2, 0.25) is 0 Å². The lowest BCUT2D eigenvalue weighted by Gasteiger charge is -2.25. The SMILES string of the molecule is C=C(/C=C\C(=C)OCC[N+](CC)=C1C=CC(=C2C(=O)C(c3ccc(N(CC)CC)cc3)=C2O)C=C1)OC. The van der Waals surface area contributed by atoms with Crippen LogP contribution >= 0.6 is 0 Å². The van der Waals surface area contributed by atoms with E-state index in [-0.39, 0.29) is 11.5 Å². The lowest BCUT2D eigenvalue weighted by molar-refractivity contribution is -0.525. The predicted octanol–water partition coefficient (Wildman–Crippen LogP) is 5.53. The van der Waals surface area contributed by atoms with E-state index in [9.17, 15) is 9.90 Å². The summed E-state index contributed by atoms with van der Waals surface area (Å²) in [5.41, 5.74) is 4.29. The summed E-state index contributed by atoms with van der Waals surface area (Å²) in [5.74, 6) is 0.982. The number of rotatable bonds is 12. The number of nitrogens with zero attached hydrogens (tertiary/aromatic N) is 2. The summed E-state index contributed by atoms with van der Waals surface area (Å²) in [6.07, 6.45) is 11.1. The maximum absolute atomic E-state index is 13.0. The minimum Gasteiger partial charge on any atom is -0.506 e. The highest BCUT2D eigenvalue weighted by molar-refractivity contribution is 6.39. The molecule has 2 aliphatic carbocycles. The molecule has 0 radical (unpaired) electrons. The Morgan fingerprint density at radius 2 is 1.59 bits per heavy atom. The lowest BCUT2D eigenvalue weighted by atomic mass is 9.80. The average Bonchev–Trinajstić information content (AvgIpc) is 2.92. The number of hydrogen-bond donors (Lipinski definition) is 1. The molecule has 0 fully saturated rings. The van der Waals surface area contributed by atoms with Crippen molar-refractivity contribution in [3.63, 3.8) is 0 Å². The third-order valence-electron chi connectivity index (χ3n) is 6.48. The summed E-state index contributed by atoms with van der Waals surface area (Å²) in [7, 11) is 1.56. The summed E-state index contributed by atoms with van der Waals surface area (Å²) in [6, 6.07) is 7.79. The number of benzene rings is 1. The molecule has 0 heterocycles. The fraction of sp³-hybridized carbons (Fsp3) is 0.290. The molecule has 1 N–H and O–H groups in total. The van der Waals surface area contributed by atoms with Crippen molar-refractivity contribution in [1.82, 2.24) is 0 Å². The summed E-state index contributed by atoms with van der Waals surface area (Å²) < 4.78 is 12.8. The molecule has 0 spiro atoms. The highest BCUT2D eigenvalue weighted by atomic mass is 16.5.